The van der Waals surface area contributed by atoms with Crippen molar-refractivity contribution < 1.29 is 17.8 Å². The summed E-state index contributed by atoms with van der Waals surface area (Å²) in [6.45, 7) is 32.3. The maximum atomic E-state index is 11.9. The van der Waals surface area contributed by atoms with Gasteiger partial charge in [-0.25, -0.2) is 0 Å². The SMILES string of the molecule is [2H]c1c([2H])c([2H])c(-c2ccc3c(c2)N(c2ccc(C#N)c(-n4c5cc(C(C)(C)C)ccc5c5ccc(C(C)(C)C)cc54)c2)c2cc(-n4c5c([2H])c([2H])c([2H])c([2H])c5c5c([2H])c([2H])c([2H])c([2H])c54)cc4c2B3c2ccc(-n3c5ccc(C(C)(C)C)cc5c5cc(C(C)(C)C)ccc53)cc2N4c2c(-c3ccccc3)cc(C(C)(C)C)cc2-c2ccccc2)c([2H])c1[2H]. The van der Waals surface area contributed by atoms with Gasteiger partial charge in [-0.05, 0) is 203 Å². The molecule has 0 aliphatic carbocycles. The molecule has 0 radical (unpaired) electrons. The maximum absolute atomic E-state index is 11.9. The lowest BCUT2D eigenvalue weighted by atomic mass is 9.33. The number of hydrogen-bond donors (Lipinski definition) is 0. The molecule has 6 nitrogen and oxygen atoms in total. The highest BCUT2D eigenvalue weighted by molar-refractivity contribution is 7.00. The Labute approximate surface area is 677 Å². The van der Waals surface area contributed by atoms with E-state index < -0.39 is 90.7 Å². The summed E-state index contributed by atoms with van der Waals surface area (Å²) in [5.41, 5.74) is 19.0. The average molecular weight is 1460 g/mol. The first-order valence-corrected chi connectivity index (χ1v) is 38.7. The Morgan fingerprint density at radius 2 is 0.732 bits per heavy atom. The molecule has 0 atom stereocenters. The fraction of sp³-hybridized carbons (Fsp3) is 0.190. The molecule has 0 N–H and O–H groups in total. The second kappa shape index (κ2) is 25.3. The molecule has 0 amide bonds. The molecule has 3 aromatic heterocycles. The molecule has 0 fully saturated rings. The van der Waals surface area contributed by atoms with Crippen LogP contribution in [0.25, 0.3) is 116 Å². The van der Waals surface area contributed by atoms with Gasteiger partial charge in [0.25, 0.3) is 6.71 Å². The first kappa shape index (κ1) is 56.8. The molecule has 14 aromatic carbocycles. The number of benzene rings is 14. The van der Waals surface area contributed by atoms with Crippen LogP contribution in [-0.2, 0) is 27.1 Å². The lowest BCUT2D eigenvalue weighted by molar-refractivity contribution is 0.590. The zero-order valence-corrected chi connectivity index (χ0v) is 66.0. The number of nitrogens with zero attached hydrogens (tertiary/aromatic N) is 6. The minimum Gasteiger partial charge on any atom is -0.311 e. The van der Waals surface area contributed by atoms with Crippen LogP contribution in [-0.4, -0.2) is 20.4 Å². The van der Waals surface area contributed by atoms with E-state index in [1.807, 2.05) is 84.9 Å². The topological polar surface area (TPSA) is 45.1 Å². The Morgan fingerprint density at radius 3 is 1.25 bits per heavy atom. The summed E-state index contributed by atoms with van der Waals surface area (Å²) in [5.74, 6) is 0. The molecule has 0 saturated heterocycles. The van der Waals surface area contributed by atoms with Crippen LogP contribution in [0.5, 0.6) is 0 Å². The molecule has 0 saturated carbocycles. The van der Waals surface area contributed by atoms with E-state index in [4.69, 9.17) is 1.37 Å². The van der Waals surface area contributed by atoms with E-state index in [9.17, 15) is 21.7 Å². The van der Waals surface area contributed by atoms with Crippen LogP contribution in [0.1, 0.15) is 155 Å². The van der Waals surface area contributed by atoms with E-state index in [-0.39, 0.29) is 54.7 Å². The number of nitriles is 1. The van der Waals surface area contributed by atoms with Gasteiger partial charge in [0, 0.05) is 77.6 Å². The van der Waals surface area contributed by atoms with Crippen molar-refractivity contribution in [2.45, 2.75) is 131 Å². The maximum Gasteiger partial charge on any atom is 0.252 e. The number of aromatic nitrogens is 3. The highest BCUT2D eigenvalue weighted by atomic mass is 15.2. The molecule has 5 heterocycles. The summed E-state index contributed by atoms with van der Waals surface area (Å²) in [5, 5.41) is 15.8. The van der Waals surface area contributed by atoms with Gasteiger partial charge in [0.1, 0.15) is 6.07 Å². The van der Waals surface area contributed by atoms with E-state index in [1.54, 1.807) is 4.57 Å². The number of para-hydroxylation sites is 2. The molecule has 0 unspecified atom stereocenters. The van der Waals surface area contributed by atoms with Gasteiger partial charge in [0.15, 0.2) is 0 Å². The minimum absolute atomic E-state index is 0.0431. The molecule has 546 valence electrons. The molecule has 2 aliphatic heterocycles. The van der Waals surface area contributed by atoms with E-state index >= 15 is 0 Å². The summed E-state index contributed by atoms with van der Waals surface area (Å²) >= 11 is 0. The van der Waals surface area contributed by atoms with Crippen molar-refractivity contribution in [3.05, 3.63) is 324 Å². The monoisotopic (exact) mass is 1460 g/mol. The standard InChI is InChI=1S/C105H93BN6/c1-101(2,3)70-43-51-90-84(54-70)85-55-71(102(4,5)6)44-52-91(85)108(90)76-46-50-87-96(61-76)112(100-82(66-31-21-17-22-32-66)56-74(105(13,14)15)57-83(100)67-33-23-18-24-34-67)98-63-77(110-88-37-27-25-35-78(88)79-36-26-28-38-89(79)110)62-97-99(98)106(87)86-49-40-68(65-29-19-16-20-30-65)53-95(86)109(97)75-45-39-69(64-107)92(60-75)111-93-58-72(103(7,8)9)41-47-80(93)81-48-42-73(59-94(81)111)104(10,11)12/h16-63H,1-15H3/i16D,19D,20D,25D,26D,27D,28D,29D,30D,35D,36D,37D,38D. The third-order valence-electron chi connectivity index (χ3n) is 23.3. The first-order chi connectivity index (χ1) is 59.1. The van der Waals surface area contributed by atoms with Crippen molar-refractivity contribution in [3.8, 4) is 56.5 Å². The fourth-order valence-electron chi connectivity index (χ4n) is 17.3. The van der Waals surface area contributed by atoms with Gasteiger partial charge < -0.3 is 23.5 Å². The average Bonchev–Trinajstić information content (AvgIpc) is 1.66. The van der Waals surface area contributed by atoms with Crippen LogP contribution in [0.15, 0.2) is 291 Å². The molecule has 2 aliphatic rings. The lowest BCUT2D eigenvalue weighted by Gasteiger charge is -2.45. The molecule has 19 rings (SSSR count). The third kappa shape index (κ3) is 11.3. The largest absolute Gasteiger partial charge is 0.311 e. The predicted molar refractivity (Wildman–Crippen MR) is 478 cm³/mol. The van der Waals surface area contributed by atoms with E-state index in [0.29, 0.717) is 39.6 Å². The summed E-state index contributed by atoms with van der Waals surface area (Å²) < 4.78 is 131. The van der Waals surface area contributed by atoms with Gasteiger partial charge in [-0.3, -0.25) is 0 Å². The molecular weight excluding hydrogens is 1360 g/mol. The van der Waals surface area contributed by atoms with E-state index in [2.05, 4.69) is 256 Å². The van der Waals surface area contributed by atoms with Crippen molar-refractivity contribution in [2.75, 3.05) is 9.80 Å². The Kier molecular flexibility index (Phi) is 12.9. The molecule has 17 aromatic rings. The van der Waals surface area contributed by atoms with Crippen molar-refractivity contribution in [2.24, 2.45) is 0 Å². The number of hydrogen-bond acceptors (Lipinski definition) is 3. The molecule has 0 spiro atoms. The van der Waals surface area contributed by atoms with Gasteiger partial charge in [0.05, 0.1) is 73.5 Å². The summed E-state index contributed by atoms with van der Waals surface area (Å²) in [7, 11) is 0. The highest BCUT2D eigenvalue weighted by Gasteiger charge is 2.46. The van der Waals surface area contributed by atoms with Crippen molar-refractivity contribution >= 4 is 123 Å². The molecule has 7 heteroatoms. The summed E-state index contributed by atoms with van der Waals surface area (Å²) in [6.07, 6.45) is 0. The third-order valence-corrected chi connectivity index (χ3v) is 23.3. The zero-order valence-electron chi connectivity index (χ0n) is 79.0. The van der Waals surface area contributed by atoms with Crippen LogP contribution in [0.4, 0.5) is 34.1 Å². The lowest BCUT2D eigenvalue weighted by Crippen LogP contribution is -2.61. The second-order valence-electron chi connectivity index (χ2n) is 35.6. The first-order valence-electron chi connectivity index (χ1n) is 45.2. The van der Waals surface area contributed by atoms with Gasteiger partial charge in [-0.15, -0.1) is 0 Å². The normalized spacial score (nSPS) is 14.9. The molecular formula is C105H93BN6. The number of fused-ring (bicyclic) bond motifs is 13. The van der Waals surface area contributed by atoms with Crippen molar-refractivity contribution in [1.29, 1.82) is 5.26 Å². The zero-order chi connectivity index (χ0) is 88.7. The van der Waals surface area contributed by atoms with Crippen LogP contribution in [0.2, 0.25) is 0 Å². The second-order valence-corrected chi connectivity index (χ2v) is 35.6. The number of anilines is 6. The van der Waals surface area contributed by atoms with E-state index in [1.165, 1.54) is 11.1 Å². The van der Waals surface area contributed by atoms with Crippen LogP contribution >= 0.6 is 0 Å². The molecule has 112 heavy (non-hydrogen) atoms. The highest BCUT2D eigenvalue weighted by Crippen LogP contribution is 2.54. The Bertz CT molecular complexity index is 7320. The quantitative estimate of drug-likeness (QED) is 0.142. The van der Waals surface area contributed by atoms with Crippen molar-refractivity contribution in [1.82, 2.24) is 13.7 Å². The van der Waals surface area contributed by atoms with Gasteiger partial charge >= 0.3 is 0 Å². The Morgan fingerprint density at radius 1 is 0.295 bits per heavy atom. The molecule has 0 bridgehead atoms. The smallest absolute Gasteiger partial charge is 0.252 e. The van der Waals surface area contributed by atoms with E-state index in [0.717, 1.165) is 116 Å². The van der Waals surface area contributed by atoms with Crippen molar-refractivity contribution in [3.63, 3.8) is 0 Å². The van der Waals surface area contributed by atoms with Gasteiger partial charge in [-0.1, -0.05) is 286 Å². The van der Waals surface area contributed by atoms with Crippen LogP contribution < -0.4 is 26.2 Å². The Hall–Kier alpha value is -12.4. The predicted octanol–water partition coefficient (Wildman–Crippen LogP) is 26.4. The number of rotatable bonds is 8. The Balaban J connectivity index is 1.04. The van der Waals surface area contributed by atoms with Gasteiger partial charge in [0.2, 0.25) is 0 Å². The minimum atomic E-state index is -0.778. The van der Waals surface area contributed by atoms with Crippen LogP contribution in [0, 0.1) is 11.3 Å². The summed E-state index contributed by atoms with van der Waals surface area (Å²) in [6, 6.07) is 70.0. The fourth-order valence-corrected chi connectivity index (χ4v) is 17.3. The van der Waals surface area contributed by atoms with Crippen LogP contribution in [0.3, 0.4) is 0 Å². The summed E-state index contributed by atoms with van der Waals surface area (Å²) in [4.78, 5) is 4.44. The van der Waals surface area contributed by atoms with Gasteiger partial charge in [-0.2, -0.15) is 5.26 Å².